The summed E-state index contributed by atoms with van der Waals surface area (Å²) in [7, 11) is 2.12. The number of anilines is 2. The lowest BCUT2D eigenvalue weighted by atomic mass is 10.2. The minimum Gasteiger partial charge on any atom is -0.394 e. The molecule has 1 unspecified atom stereocenters. The quantitative estimate of drug-likeness (QED) is 0.701. The molecule has 0 aliphatic carbocycles. The third kappa shape index (κ3) is 1.93. The van der Waals surface area contributed by atoms with E-state index >= 15 is 0 Å². The molecule has 1 aromatic heterocycles. The van der Waals surface area contributed by atoms with Crippen LogP contribution >= 0.6 is 0 Å². The Morgan fingerprint density at radius 1 is 1.64 bits per heavy atom. The van der Waals surface area contributed by atoms with Gasteiger partial charge in [0.05, 0.1) is 11.9 Å². The molecule has 5 nitrogen and oxygen atoms in total. The molecule has 2 heterocycles. The van der Waals surface area contributed by atoms with Gasteiger partial charge >= 0.3 is 0 Å². The second kappa shape index (κ2) is 3.79. The highest BCUT2D eigenvalue weighted by atomic mass is 15.2. The predicted octanol–water partition coefficient (Wildman–Crippen LogP) is 0.175. The van der Waals surface area contributed by atoms with E-state index < -0.39 is 0 Å². The van der Waals surface area contributed by atoms with Gasteiger partial charge in [0.15, 0.2) is 5.82 Å². The first-order chi connectivity index (χ1) is 6.75. The predicted molar refractivity (Wildman–Crippen MR) is 56.0 cm³/mol. The fourth-order valence-electron chi connectivity index (χ4n) is 1.71. The summed E-state index contributed by atoms with van der Waals surface area (Å²) >= 11 is 0. The van der Waals surface area contributed by atoms with Crippen LogP contribution in [0.15, 0.2) is 12.5 Å². The first kappa shape index (κ1) is 9.21. The molecule has 0 saturated carbocycles. The van der Waals surface area contributed by atoms with Crippen LogP contribution in [0.4, 0.5) is 11.5 Å². The number of nitrogens with zero attached hydrogens (tertiary/aromatic N) is 3. The Morgan fingerprint density at radius 2 is 2.50 bits per heavy atom. The minimum atomic E-state index is 0.456. The number of hydrogen-bond donors (Lipinski definition) is 2. The van der Waals surface area contributed by atoms with Crippen molar-refractivity contribution in [2.24, 2.45) is 0 Å². The van der Waals surface area contributed by atoms with Gasteiger partial charge < -0.3 is 16.0 Å². The molecule has 0 radical (unpaired) electrons. The van der Waals surface area contributed by atoms with Crippen LogP contribution in [0.2, 0.25) is 0 Å². The van der Waals surface area contributed by atoms with Gasteiger partial charge in [0, 0.05) is 12.6 Å². The zero-order valence-electron chi connectivity index (χ0n) is 8.27. The van der Waals surface area contributed by atoms with Crippen LogP contribution in [0.25, 0.3) is 0 Å². The summed E-state index contributed by atoms with van der Waals surface area (Å²) in [5, 5.41) is 3.32. The molecule has 1 aromatic rings. The van der Waals surface area contributed by atoms with Crippen molar-refractivity contribution in [3.8, 4) is 0 Å². The second-order valence-corrected chi connectivity index (χ2v) is 3.72. The average Bonchev–Trinajstić information content (AvgIpc) is 2.56. The number of likely N-dealkylation sites (tertiary alicyclic amines) is 1. The average molecular weight is 193 g/mol. The van der Waals surface area contributed by atoms with Crippen LogP contribution in [-0.2, 0) is 0 Å². The van der Waals surface area contributed by atoms with E-state index in [9.17, 15) is 0 Å². The minimum absolute atomic E-state index is 0.456. The number of hydrogen-bond acceptors (Lipinski definition) is 5. The van der Waals surface area contributed by atoms with E-state index in [1.54, 1.807) is 6.20 Å². The number of likely N-dealkylation sites (N-methyl/N-ethyl adjacent to an activating group) is 1. The highest BCUT2D eigenvalue weighted by Gasteiger charge is 2.19. The summed E-state index contributed by atoms with van der Waals surface area (Å²) in [6.07, 6.45) is 4.27. The van der Waals surface area contributed by atoms with E-state index in [1.807, 2.05) is 0 Å². The maximum Gasteiger partial charge on any atom is 0.152 e. The van der Waals surface area contributed by atoms with Crippen molar-refractivity contribution in [3.05, 3.63) is 12.5 Å². The Kier molecular flexibility index (Phi) is 2.49. The van der Waals surface area contributed by atoms with Crippen molar-refractivity contribution in [1.29, 1.82) is 0 Å². The van der Waals surface area contributed by atoms with Gasteiger partial charge in [-0.3, -0.25) is 0 Å². The van der Waals surface area contributed by atoms with Crippen molar-refractivity contribution in [1.82, 2.24) is 14.9 Å². The lowest BCUT2D eigenvalue weighted by Gasteiger charge is -2.14. The molecule has 0 spiro atoms. The Hall–Kier alpha value is -1.36. The first-order valence-electron chi connectivity index (χ1n) is 4.76. The summed E-state index contributed by atoms with van der Waals surface area (Å²) in [5.74, 6) is 0.750. The van der Waals surface area contributed by atoms with E-state index in [0.717, 1.165) is 25.3 Å². The molecule has 0 bridgehead atoms. The lowest BCUT2D eigenvalue weighted by Crippen LogP contribution is -2.24. The summed E-state index contributed by atoms with van der Waals surface area (Å²) in [6.45, 7) is 2.17. The molecule has 76 valence electrons. The third-order valence-electron chi connectivity index (χ3n) is 2.47. The van der Waals surface area contributed by atoms with E-state index in [2.05, 4.69) is 27.2 Å². The number of nitrogens with one attached hydrogen (secondary N) is 1. The van der Waals surface area contributed by atoms with Crippen molar-refractivity contribution in [3.63, 3.8) is 0 Å². The topological polar surface area (TPSA) is 67.1 Å². The fourth-order valence-corrected chi connectivity index (χ4v) is 1.71. The molecule has 2 rings (SSSR count). The molecule has 1 aliphatic heterocycles. The van der Waals surface area contributed by atoms with Gasteiger partial charge in [-0.05, 0) is 20.0 Å². The largest absolute Gasteiger partial charge is 0.394 e. The van der Waals surface area contributed by atoms with Crippen molar-refractivity contribution in [2.45, 2.75) is 12.5 Å². The van der Waals surface area contributed by atoms with E-state index in [4.69, 9.17) is 5.73 Å². The molecule has 1 fully saturated rings. The first-order valence-corrected chi connectivity index (χ1v) is 4.76. The zero-order valence-corrected chi connectivity index (χ0v) is 8.27. The smallest absolute Gasteiger partial charge is 0.152 e. The molecule has 1 atom stereocenters. The Bertz CT molecular complexity index is 314. The van der Waals surface area contributed by atoms with Gasteiger partial charge in [-0.2, -0.15) is 0 Å². The van der Waals surface area contributed by atoms with Crippen LogP contribution in [0.3, 0.4) is 0 Å². The van der Waals surface area contributed by atoms with Gasteiger partial charge in [-0.15, -0.1) is 0 Å². The second-order valence-electron chi connectivity index (χ2n) is 3.72. The van der Waals surface area contributed by atoms with Crippen molar-refractivity contribution in [2.75, 3.05) is 31.2 Å². The molecule has 14 heavy (non-hydrogen) atoms. The molecular formula is C9H15N5. The van der Waals surface area contributed by atoms with Gasteiger partial charge in [-0.1, -0.05) is 0 Å². The highest BCUT2D eigenvalue weighted by molar-refractivity contribution is 5.59. The lowest BCUT2D eigenvalue weighted by molar-refractivity contribution is 0.414. The molecule has 0 amide bonds. The zero-order chi connectivity index (χ0) is 9.97. The maximum absolute atomic E-state index is 5.73. The number of rotatable bonds is 2. The van der Waals surface area contributed by atoms with Gasteiger partial charge in [-0.25, -0.2) is 9.97 Å². The van der Waals surface area contributed by atoms with Crippen LogP contribution in [-0.4, -0.2) is 41.0 Å². The molecular weight excluding hydrogens is 178 g/mol. The Labute approximate surface area is 83.3 Å². The monoisotopic (exact) mass is 193 g/mol. The SMILES string of the molecule is CN1CCC(Nc2ncncc2N)C1. The summed E-state index contributed by atoms with van der Waals surface area (Å²) in [6, 6.07) is 0.456. The van der Waals surface area contributed by atoms with Crippen LogP contribution in [0.1, 0.15) is 6.42 Å². The standard InChI is InChI=1S/C9H15N5/c1-14-3-2-7(5-14)13-9-8(10)4-11-6-12-9/h4,6-7H,2-3,5,10H2,1H3,(H,11,12,13). The maximum atomic E-state index is 5.73. The van der Waals surface area contributed by atoms with Gasteiger partial charge in [0.1, 0.15) is 6.33 Å². The fraction of sp³-hybridized carbons (Fsp3) is 0.556. The van der Waals surface area contributed by atoms with Crippen molar-refractivity contribution < 1.29 is 0 Å². The van der Waals surface area contributed by atoms with Crippen molar-refractivity contribution >= 4 is 11.5 Å². The molecule has 5 heteroatoms. The van der Waals surface area contributed by atoms with Crippen LogP contribution < -0.4 is 11.1 Å². The normalized spacial score (nSPS) is 22.5. The van der Waals surface area contributed by atoms with E-state index in [0.29, 0.717) is 11.7 Å². The number of aromatic nitrogens is 2. The molecule has 0 aromatic carbocycles. The van der Waals surface area contributed by atoms with Gasteiger partial charge in [0.2, 0.25) is 0 Å². The molecule has 1 saturated heterocycles. The van der Waals surface area contributed by atoms with Gasteiger partial charge in [0.25, 0.3) is 0 Å². The summed E-state index contributed by atoms with van der Waals surface area (Å²) < 4.78 is 0. The summed E-state index contributed by atoms with van der Waals surface area (Å²) in [5.41, 5.74) is 6.35. The Balaban J connectivity index is 2.01. The Morgan fingerprint density at radius 3 is 3.14 bits per heavy atom. The molecule has 1 aliphatic rings. The third-order valence-corrected chi connectivity index (χ3v) is 2.47. The number of nitrogens with two attached hydrogens (primary N) is 1. The molecule has 3 N–H and O–H groups in total. The number of nitrogen functional groups attached to an aromatic ring is 1. The highest BCUT2D eigenvalue weighted by Crippen LogP contribution is 2.16. The van der Waals surface area contributed by atoms with E-state index in [1.165, 1.54) is 6.33 Å². The van der Waals surface area contributed by atoms with E-state index in [-0.39, 0.29) is 0 Å². The van der Waals surface area contributed by atoms with Crippen LogP contribution in [0, 0.1) is 0 Å². The summed E-state index contributed by atoms with van der Waals surface area (Å²) in [4.78, 5) is 10.2. The van der Waals surface area contributed by atoms with Crippen LogP contribution in [0.5, 0.6) is 0 Å².